The van der Waals surface area contributed by atoms with Crippen LogP contribution in [-0.4, -0.2) is 0 Å². The maximum Gasteiger partial charge on any atom is 0.0714 e. The van der Waals surface area contributed by atoms with Crippen LogP contribution in [0, 0.1) is 0 Å². The van der Waals surface area contributed by atoms with Crippen molar-refractivity contribution in [2.24, 2.45) is 0 Å². The zero-order valence-electron chi connectivity index (χ0n) is 40.2. The molecule has 0 N–H and O–H groups in total. The molecule has 1 nitrogen and oxygen atoms in total. The van der Waals surface area contributed by atoms with Gasteiger partial charge in [-0.3, -0.25) is 0 Å². The Morgan fingerprint density at radius 2 is 0.845 bits per heavy atom. The van der Waals surface area contributed by atoms with Crippen molar-refractivity contribution in [3.05, 3.63) is 300 Å². The van der Waals surface area contributed by atoms with Gasteiger partial charge in [-0.25, -0.2) is 0 Å². The number of rotatable bonds is 9. The Bertz CT molecular complexity index is 3580. The third kappa shape index (κ3) is 6.98. The summed E-state index contributed by atoms with van der Waals surface area (Å²) < 4.78 is 0. The van der Waals surface area contributed by atoms with Gasteiger partial charge in [0.1, 0.15) is 0 Å². The minimum atomic E-state index is -0.519. The standard InChI is InChI=1S/C70H53N/c1-69(2)63-30-17-15-28-60(63)61-43-38-52(47-66(61)69)50-34-39-58(40-35-50)71(59-41-36-51(37-42-59)55-45-53(48-20-7-3-8-21-48)44-54(46-55)49-22-9-4-10-23-49)67-33-19-32-65-68(67)62-29-16-18-31-64(62)70(65,56-24-11-5-12-25-56)57-26-13-6-14-27-57/h3-16,18-29,31-47H,17,30H2,1-2H3. The van der Waals surface area contributed by atoms with Gasteiger partial charge in [0.25, 0.3) is 0 Å². The Labute approximate surface area is 418 Å². The van der Waals surface area contributed by atoms with Crippen molar-refractivity contribution in [1.82, 2.24) is 0 Å². The van der Waals surface area contributed by atoms with Crippen LogP contribution in [-0.2, 0) is 10.8 Å². The second kappa shape index (κ2) is 17.2. The van der Waals surface area contributed by atoms with Crippen LogP contribution in [0.5, 0.6) is 0 Å². The highest BCUT2D eigenvalue weighted by Gasteiger charge is 2.47. The molecule has 0 radical (unpaired) electrons. The van der Waals surface area contributed by atoms with Crippen molar-refractivity contribution >= 4 is 22.6 Å². The van der Waals surface area contributed by atoms with E-state index in [2.05, 4.69) is 280 Å². The summed E-state index contributed by atoms with van der Waals surface area (Å²) in [5, 5.41) is 0. The normalized spacial score (nSPS) is 14.6. The number of benzene rings is 10. The van der Waals surface area contributed by atoms with Crippen LogP contribution in [0.15, 0.2) is 266 Å². The van der Waals surface area contributed by atoms with Gasteiger partial charge in [0.15, 0.2) is 0 Å². The van der Waals surface area contributed by atoms with E-state index in [0.29, 0.717) is 0 Å². The molecule has 0 aromatic heterocycles. The van der Waals surface area contributed by atoms with E-state index >= 15 is 0 Å². The molecule has 0 saturated heterocycles. The Kier molecular flexibility index (Phi) is 10.3. The molecule has 0 aliphatic heterocycles. The molecule has 0 bridgehead atoms. The SMILES string of the molecule is CC1(C)C2=C(C=CCC2)c2ccc(-c3ccc(N(c4ccc(-c5cc(-c6ccccc6)cc(-c6ccccc6)c5)cc4)c4cccc5c4-c4ccccc4C5(c4ccccc4)c4ccccc4)cc3)cc21. The second-order valence-corrected chi connectivity index (χ2v) is 19.9. The minimum absolute atomic E-state index is 0.0129. The maximum absolute atomic E-state index is 2.49. The topological polar surface area (TPSA) is 3.24 Å². The first kappa shape index (κ1) is 42.6. The van der Waals surface area contributed by atoms with Crippen LogP contribution in [0.4, 0.5) is 17.1 Å². The molecular weight excluding hydrogens is 855 g/mol. The first-order chi connectivity index (χ1) is 35.0. The second-order valence-electron chi connectivity index (χ2n) is 19.9. The summed E-state index contributed by atoms with van der Waals surface area (Å²) in [6.45, 7) is 4.82. The van der Waals surface area contributed by atoms with Crippen molar-refractivity contribution < 1.29 is 0 Å². The average molecular weight is 908 g/mol. The van der Waals surface area contributed by atoms with Crippen molar-refractivity contribution in [3.63, 3.8) is 0 Å². The molecule has 3 aliphatic rings. The van der Waals surface area contributed by atoms with Gasteiger partial charge in [0.05, 0.1) is 11.1 Å². The Hall–Kier alpha value is -8.52. The third-order valence-electron chi connectivity index (χ3n) is 15.7. The van der Waals surface area contributed by atoms with Gasteiger partial charge in [-0.05, 0) is 156 Å². The Balaban J connectivity index is 0.977. The fourth-order valence-electron chi connectivity index (χ4n) is 12.3. The van der Waals surface area contributed by atoms with Crippen molar-refractivity contribution in [1.29, 1.82) is 0 Å². The summed E-state index contributed by atoms with van der Waals surface area (Å²) in [6.07, 6.45) is 6.95. The summed E-state index contributed by atoms with van der Waals surface area (Å²) in [4.78, 5) is 2.49. The van der Waals surface area contributed by atoms with E-state index in [1.807, 2.05) is 0 Å². The number of anilines is 3. The minimum Gasteiger partial charge on any atom is -0.310 e. The molecule has 10 aromatic rings. The van der Waals surface area contributed by atoms with E-state index in [-0.39, 0.29) is 5.41 Å². The zero-order valence-corrected chi connectivity index (χ0v) is 40.2. The fraction of sp³-hybridized carbons (Fsp3) is 0.0857. The van der Waals surface area contributed by atoms with Gasteiger partial charge in [0.2, 0.25) is 0 Å². The van der Waals surface area contributed by atoms with Gasteiger partial charge >= 0.3 is 0 Å². The predicted molar refractivity (Wildman–Crippen MR) is 298 cm³/mol. The van der Waals surface area contributed by atoms with E-state index in [4.69, 9.17) is 0 Å². The molecule has 0 saturated carbocycles. The summed E-state index contributed by atoms with van der Waals surface area (Å²) in [5.41, 5.74) is 25.9. The van der Waals surface area contributed by atoms with Crippen molar-refractivity contribution in [3.8, 4) is 55.6 Å². The Morgan fingerprint density at radius 1 is 0.366 bits per heavy atom. The van der Waals surface area contributed by atoms with Crippen LogP contribution < -0.4 is 4.90 Å². The molecule has 0 amide bonds. The quantitative estimate of drug-likeness (QED) is 0.139. The highest BCUT2D eigenvalue weighted by Crippen LogP contribution is 2.60. The van der Waals surface area contributed by atoms with Gasteiger partial charge < -0.3 is 4.90 Å². The lowest BCUT2D eigenvalue weighted by atomic mass is 9.68. The highest BCUT2D eigenvalue weighted by atomic mass is 15.1. The molecule has 0 atom stereocenters. The smallest absolute Gasteiger partial charge is 0.0714 e. The van der Waals surface area contributed by atoms with Gasteiger partial charge in [-0.1, -0.05) is 226 Å². The van der Waals surface area contributed by atoms with Crippen molar-refractivity contribution in [2.75, 3.05) is 4.90 Å². The molecular formula is C70H53N. The van der Waals surface area contributed by atoms with Crippen LogP contribution >= 0.6 is 0 Å². The molecule has 71 heavy (non-hydrogen) atoms. The molecule has 10 aromatic carbocycles. The van der Waals surface area contributed by atoms with E-state index in [9.17, 15) is 0 Å². The van der Waals surface area contributed by atoms with Gasteiger partial charge in [-0.2, -0.15) is 0 Å². The maximum atomic E-state index is 2.49. The van der Waals surface area contributed by atoms with Crippen molar-refractivity contribution in [2.45, 2.75) is 37.5 Å². The van der Waals surface area contributed by atoms with E-state index in [1.165, 1.54) is 94.6 Å². The molecule has 1 heteroatoms. The van der Waals surface area contributed by atoms with Gasteiger partial charge in [-0.15, -0.1) is 0 Å². The number of fused-ring (bicyclic) bond motifs is 5. The summed E-state index contributed by atoms with van der Waals surface area (Å²) >= 11 is 0. The number of allylic oxidation sites excluding steroid dienone is 4. The lowest BCUT2D eigenvalue weighted by Crippen LogP contribution is -2.28. The molecule has 0 fully saturated rings. The fourth-order valence-corrected chi connectivity index (χ4v) is 12.3. The first-order valence-electron chi connectivity index (χ1n) is 25.1. The first-order valence-corrected chi connectivity index (χ1v) is 25.1. The van der Waals surface area contributed by atoms with Gasteiger partial charge in [0, 0.05) is 22.4 Å². The molecule has 3 aliphatic carbocycles. The molecule has 338 valence electrons. The predicted octanol–water partition coefficient (Wildman–Crippen LogP) is 18.6. The number of hydrogen-bond acceptors (Lipinski definition) is 1. The third-order valence-corrected chi connectivity index (χ3v) is 15.7. The van der Waals surface area contributed by atoms with E-state index < -0.39 is 5.41 Å². The zero-order chi connectivity index (χ0) is 47.5. The molecule has 0 unspecified atom stereocenters. The summed E-state index contributed by atoms with van der Waals surface area (Å²) in [6, 6.07) is 92.4. The molecule has 13 rings (SSSR count). The van der Waals surface area contributed by atoms with Crippen LogP contribution in [0.2, 0.25) is 0 Å². The van der Waals surface area contributed by atoms with Crippen LogP contribution in [0.25, 0.3) is 61.2 Å². The van der Waals surface area contributed by atoms with E-state index in [1.54, 1.807) is 5.57 Å². The molecule has 0 spiro atoms. The lowest BCUT2D eigenvalue weighted by Gasteiger charge is -2.34. The summed E-state index contributed by atoms with van der Waals surface area (Å²) in [7, 11) is 0. The summed E-state index contributed by atoms with van der Waals surface area (Å²) in [5.74, 6) is 0. The lowest BCUT2D eigenvalue weighted by molar-refractivity contribution is 0.607. The molecule has 0 heterocycles. The number of nitrogens with zero attached hydrogens (tertiary/aromatic N) is 1. The average Bonchev–Trinajstić information content (AvgIpc) is 3.88. The monoisotopic (exact) mass is 907 g/mol. The Morgan fingerprint density at radius 3 is 1.42 bits per heavy atom. The largest absolute Gasteiger partial charge is 0.310 e. The highest BCUT2D eigenvalue weighted by molar-refractivity contribution is 5.98. The van der Waals surface area contributed by atoms with Crippen LogP contribution in [0.3, 0.4) is 0 Å². The van der Waals surface area contributed by atoms with Crippen LogP contribution in [0.1, 0.15) is 60.1 Å². The number of hydrogen-bond donors (Lipinski definition) is 0. The van der Waals surface area contributed by atoms with E-state index in [0.717, 1.165) is 29.9 Å².